The SMILES string of the molecule is O=C(Nc1ccccc1-c1cccs1)c1ccc(C(F)(F)F)nc1. The molecule has 7 heteroatoms. The zero-order valence-electron chi connectivity index (χ0n) is 12.2. The van der Waals surface area contributed by atoms with Crippen molar-refractivity contribution in [2.24, 2.45) is 0 Å². The predicted molar refractivity (Wildman–Crippen MR) is 86.9 cm³/mol. The van der Waals surface area contributed by atoms with Crippen molar-refractivity contribution in [3.05, 3.63) is 71.4 Å². The second kappa shape index (κ2) is 6.45. The largest absolute Gasteiger partial charge is 0.433 e. The van der Waals surface area contributed by atoms with E-state index in [0.717, 1.165) is 28.8 Å². The van der Waals surface area contributed by atoms with Gasteiger partial charge in [0, 0.05) is 22.3 Å². The monoisotopic (exact) mass is 348 g/mol. The lowest BCUT2D eigenvalue weighted by molar-refractivity contribution is -0.141. The molecular weight excluding hydrogens is 337 g/mol. The van der Waals surface area contributed by atoms with E-state index in [1.165, 1.54) is 11.3 Å². The van der Waals surface area contributed by atoms with Gasteiger partial charge in [-0.15, -0.1) is 11.3 Å². The number of hydrogen-bond acceptors (Lipinski definition) is 3. The summed E-state index contributed by atoms with van der Waals surface area (Å²) in [4.78, 5) is 16.6. The highest BCUT2D eigenvalue weighted by atomic mass is 32.1. The first-order chi connectivity index (χ1) is 11.4. The van der Waals surface area contributed by atoms with Crippen molar-refractivity contribution >= 4 is 22.9 Å². The summed E-state index contributed by atoms with van der Waals surface area (Å²) in [6.45, 7) is 0. The number of anilines is 1. The van der Waals surface area contributed by atoms with Crippen LogP contribution in [0.15, 0.2) is 60.1 Å². The first-order valence-corrected chi connectivity index (χ1v) is 7.80. The number of alkyl halides is 3. The van der Waals surface area contributed by atoms with E-state index in [9.17, 15) is 18.0 Å². The van der Waals surface area contributed by atoms with Gasteiger partial charge >= 0.3 is 6.18 Å². The van der Waals surface area contributed by atoms with Gasteiger partial charge in [0.2, 0.25) is 0 Å². The van der Waals surface area contributed by atoms with Crippen LogP contribution in [0.5, 0.6) is 0 Å². The molecule has 0 saturated carbocycles. The fourth-order valence-corrected chi connectivity index (χ4v) is 2.89. The summed E-state index contributed by atoms with van der Waals surface area (Å²) < 4.78 is 37.5. The number of para-hydroxylation sites is 1. The molecule has 3 aromatic rings. The van der Waals surface area contributed by atoms with E-state index in [-0.39, 0.29) is 5.56 Å². The molecule has 0 aliphatic rings. The average molecular weight is 348 g/mol. The van der Waals surface area contributed by atoms with Crippen molar-refractivity contribution in [3.8, 4) is 10.4 Å². The van der Waals surface area contributed by atoms with Gasteiger partial charge in [-0.25, -0.2) is 0 Å². The van der Waals surface area contributed by atoms with Gasteiger partial charge in [0.15, 0.2) is 0 Å². The average Bonchev–Trinajstić information content (AvgIpc) is 3.09. The van der Waals surface area contributed by atoms with Crippen LogP contribution in [0, 0.1) is 0 Å². The number of benzene rings is 1. The second-order valence-electron chi connectivity index (χ2n) is 4.91. The molecule has 0 fully saturated rings. The quantitative estimate of drug-likeness (QED) is 0.717. The topological polar surface area (TPSA) is 42.0 Å². The minimum absolute atomic E-state index is 0.0592. The van der Waals surface area contributed by atoms with Crippen LogP contribution in [0.4, 0.5) is 18.9 Å². The molecule has 24 heavy (non-hydrogen) atoms. The van der Waals surface area contributed by atoms with Crippen LogP contribution in [-0.4, -0.2) is 10.9 Å². The van der Waals surface area contributed by atoms with Crippen LogP contribution in [0.3, 0.4) is 0 Å². The number of hydrogen-bond donors (Lipinski definition) is 1. The van der Waals surface area contributed by atoms with Crippen LogP contribution >= 0.6 is 11.3 Å². The van der Waals surface area contributed by atoms with Crippen molar-refractivity contribution < 1.29 is 18.0 Å². The fourth-order valence-electron chi connectivity index (χ4n) is 2.13. The molecule has 0 unspecified atom stereocenters. The second-order valence-corrected chi connectivity index (χ2v) is 5.85. The molecule has 0 bridgehead atoms. The van der Waals surface area contributed by atoms with Crippen LogP contribution in [0.25, 0.3) is 10.4 Å². The Morgan fingerprint density at radius 2 is 1.83 bits per heavy atom. The summed E-state index contributed by atoms with van der Waals surface area (Å²) in [5.74, 6) is -0.514. The summed E-state index contributed by atoms with van der Waals surface area (Å²) >= 11 is 1.53. The Labute approximate surface area is 139 Å². The highest BCUT2D eigenvalue weighted by molar-refractivity contribution is 7.13. The summed E-state index contributed by atoms with van der Waals surface area (Å²) in [7, 11) is 0. The molecule has 3 nitrogen and oxygen atoms in total. The third-order valence-corrected chi connectivity index (χ3v) is 4.18. The molecule has 0 aliphatic heterocycles. The van der Waals surface area contributed by atoms with Crippen molar-refractivity contribution in [3.63, 3.8) is 0 Å². The van der Waals surface area contributed by atoms with E-state index in [4.69, 9.17) is 0 Å². The van der Waals surface area contributed by atoms with Gasteiger partial charge in [0.05, 0.1) is 5.56 Å². The Kier molecular flexibility index (Phi) is 4.35. The van der Waals surface area contributed by atoms with Gasteiger partial charge in [-0.1, -0.05) is 24.3 Å². The van der Waals surface area contributed by atoms with Gasteiger partial charge in [0.1, 0.15) is 5.69 Å². The first-order valence-electron chi connectivity index (χ1n) is 6.92. The first kappa shape index (κ1) is 16.2. The van der Waals surface area contributed by atoms with E-state index >= 15 is 0 Å². The van der Waals surface area contributed by atoms with E-state index < -0.39 is 17.8 Å². The molecule has 1 aromatic carbocycles. The van der Waals surface area contributed by atoms with Crippen molar-refractivity contribution in [1.82, 2.24) is 4.98 Å². The molecule has 2 heterocycles. The molecule has 0 radical (unpaired) electrons. The lowest BCUT2D eigenvalue weighted by Crippen LogP contribution is -2.14. The number of pyridine rings is 1. The lowest BCUT2D eigenvalue weighted by Gasteiger charge is -2.10. The fraction of sp³-hybridized carbons (Fsp3) is 0.0588. The Morgan fingerprint density at radius 1 is 1.04 bits per heavy atom. The number of thiophene rings is 1. The third-order valence-electron chi connectivity index (χ3n) is 3.28. The van der Waals surface area contributed by atoms with Gasteiger partial charge in [-0.3, -0.25) is 9.78 Å². The zero-order valence-corrected chi connectivity index (χ0v) is 13.0. The number of aromatic nitrogens is 1. The normalized spacial score (nSPS) is 11.3. The highest BCUT2D eigenvalue weighted by Crippen LogP contribution is 2.32. The molecule has 0 aliphatic carbocycles. The number of amides is 1. The molecular formula is C17H11F3N2OS. The summed E-state index contributed by atoms with van der Waals surface area (Å²) in [5, 5.41) is 4.64. The minimum atomic E-state index is -4.53. The van der Waals surface area contributed by atoms with Crippen LogP contribution in [0.1, 0.15) is 16.1 Å². The summed E-state index contributed by atoms with van der Waals surface area (Å²) in [5.41, 5.74) is 0.465. The maximum Gasteiger partial charge on any atom is 0.433 e. The number of nitrogens with zero attached hydrogens (tertiary/aromatic N) is 1. The molecule has 2 aromatic heterocycles. The standard InChI is InChI=1S/C17H11F3N2OS/c18-17(19,20)15-8-7-11(10-21-15)16(23)22-13-5-2-1-4-12(13)14-6-3-9-24-14/h1-10H,(H,22,23). The molecule has 3 rings (SSSR count). The van der Waals surface area contributed by atoms with Crippen molar-refractivity contribution in [1.29, 1.82) is 0 Å². The predicted octanol–water partition coefficient (Wildman–Crippen LogP) is 5.08. The number of carbonyl (C=O) groups excluding carboxylic acids is 1. The Hall–Kier alpha value is -2.67. The third kappa shape index (κ3) is 3.46. The van der Waals surface area contributed by atoms with Gasteiger partial charge in [0.25, 0.3) is 5.91 Å². The van der Waals surface area contributed by atoms with Crippen LogP contribution < -0.4 is 5.32 Å². The van der Waals surface area contributed by atoms with E-state index in [1.54, 1.807) is 12.1 Å². The van der Waals surface area contributed by atoms with E-state index in [0.29, 0.717) is 5.69 Å². The minimum Gasteiger partial charge on any atom is -0.321 e. The van der Waals surface area contributed by atoms with Crippen LogP contribution in [0.2, 0.25) is 0 Å². The van der Waals surface area contributed by atoms with E-state index in [2.05, 4.69) is 10.3 Å². The summed E-state index contributed by atoms with van der Waals surface area (Å²) in [6.07, 6.45) is -3.60. The molecule has 1 N–H and O–H groups in total. The molecule has 0 atom stereocenters. The molecule has 0 saturated heterocycles. The van der Waals surface area contributed by atoms with Gasteiger partial charge in [-0.05, 0) is 29.6 Å². The number of nitrogens with one attached hydrogen (secondary N) is 1. The molecule has 0 spiro atoms. The van der Waals surface area contributed by atoms with E-state index in [1.807, 2.05) is 29.6 Å². The van der Waals surface area contributed by atoms with Crippen molar-refractivity contribution in [2.75, 3.05) is 5.32 Å². The maximum absolute atomic E-state index is 12.5. The van der Waals surface area contributed by atoms with Gasteiger partial charge in [-0.2, -0.15) is 13.2 Å². The van der Waals surface area contributed by atoms with Crippen molar-refractivity contribution in [2.45, 2.75) is 6.18 Å². The maximum atomic E-state index is 12.5. The molecule has 122 valence electrons. The number of halogens is 3. The lowest BCUT2D eigenvalue weighted by atomic mass is 10.1. The molecule has 1 amide bonds. The Morgan fingerprint density at radius 3 is 2.46 bits per heavy atom. The Bertz CT molecular complexity index is 843. The van der Waals surface area contributed by atoms with Gasteiger partial charge < -0.3 is 5.32 Å². The highest BCUT2D eigenvalue weighted by Gasteiger charge is 2.32. The number of rotatable bonds is 3. The number of carbonyl (C=O) groups is 1. The van der Waals surface area contributed by atoms with Crippen LogP contribution in [-0.2, 0) is 6.18 Å². The Balaban J connectivity index is 1.83. The smallest absolute Gasteiger partial charge is 0.321 e. The summed E-state index contributed by atoms with van der Waals surface area (Å²) in [6, 6.07) is 13.0. The zero-order chi connectivity index (χ0) is 17.2.